The SMILES string of the molecule is CCC(CC)(CO)NS(=O)(=O)c1cc(N)c(F)cc1Br. The van der Waals surface area contributed by atoms with Gasteiger partial charge in [0.25, 0.3) is 0 Å². The molecule has 0 heterocycles. The molecular formula is C12H18BrFN2O3S. The molecule has 4 N–H and O–H groups in total. The fourth-order valence-electron chi connectivity index (χ4n) is 1.74. The molecule has 1 aromatic carbocycles. The number of aliphatic hydroxyl groups excluding tert-OH is 1. The molecular weight excluding hydrogens is 351 g/mol. The molecule has 0 radical (unpaired) electrons. The lowest BCUT2D eigenvalue weighted by atomic mass is 9.96. The van der Waals surface area contributed by atoms with E-state index in [2.05, 4.69) is 20.7 Å². The first-order valence-electron chi connectivity index (χ1n) is 6.10. The first-order chi connectivity index (χ1) is 9.21. The summed E-state index contributed by atoms with van der Waals surface area (Å²) in [4.78, 5) is -0.156. The van der Waals surface area contributed by atoms with Gasteiger partial charge in [-0.15, -0.1) is 0 Å². The first kappa shape index (κ1) is 17.4. The van der Waals surface area contributed by atoms with Gasteiger partial charge in [0.2, 0.25) is 10.0 Å². The van der Waals surface area contributed by atoms with E-state index in [9.17, 15) is 17.9 Å². The number of nitrogens with one attached hydrogen (secondary N) is 1. The first-order valence-corrected chi connectivity index (χ1v) is 8.38. The maximum atomic E-state index is 13.3. The fraction of sp³-hybridized carbons (Fsp3) is 0.500. The topological polar surface area (TPSA) is 92.4 Å². The molecule has 20 heavy (non-hydrogen) atoms. The molecule has 0 bridgehead atoms. The largest absolute Gasteiger partial charge is 0.396 e. The predicted molar refractivity (Wildman–Crippen MR) is 79.2 cm³/mol. The van der Waals surface area contributed by atoms with Crippen molar-refractivity contribution in [1.82, 2.24) is 4.72 Å². The van der Waals surface area contributed by atoms with Crippen LogP contribution < -0.4 is 10.5 Å². The molecule has 0 unspecified atom stereocenters. The third-order valence-corrected chi connectivity index (χ3v) is 5.88. The normalized spacial score (nSPS) is 12.7. The van der Waals surface area contributed by atoms with Crippen molar-refractivity contribution < 1.29 is 17.9 Å². The maximum absolute atomic E-state index is 13.3. The number of sulfonamides is 1. The van der Waals surface area contributed by atoms with Crippen molar-refractivity contribution in [2.75, 3.05) is 12.3 Å². The standard InChI is InChI=1S/C12H18BrFN2O3S/c1-3-12(4-2,7-17)16-20(18,19)11-6-10(15)9(14)5-8(11)13/h5-6,16-17H,3-4,7,15H2,1-2H3. The van der Waals surface area contributed by atoms with Crippen LogP contribution in [-0.4, -0.2) is 25.7 Å². The van der Waals surface area contributed by atoms with E-state index in [1.807, 2.05) is 0 Å². The van der Waals surface area contributed by atoms with Crippen LogP contribution in [0.5, 0.6) is 0 Å². The van der Waals surface area contributed by atoms with Crippen LogP contribution in [0.1, 0.15) is 26.7 Å². The Morgan fingerprint density at radius 3 is 2.40 bits per heavy atom. The Bertz CT molecular complexity index is 580. The quantitative estimate of drug-likeness (QED) is 0.669. The molecule has 0 spiro atoms. The average molecular weight is 369 g/mol. The minimum Gasteiger partial charge on any atom is -0.396 e. The number of rotatable bonds is 6. The maximum Gasteiger partial charge on any atom is 0.242 e. The van der Waals surface area contributed by atoms with E-state index in [1.54, 1.807) is 13.8 Å². The molecule has 0 amide bonds. The van der Waals surface area contributed by atoms with E-state index >= 15 is 0 Å². The zero-order valence-corrected chi connectivity index (χ0v) is 13.7. The van der Waals surface area contributed by atoms with Gasteiger partial charge in [0.1, 0.15) is 5.82 Å². The number of hydrogen-bond acceptors (Lipinski definition) is 4. The van der Waals surface area contributed by atoms with Gasteiger partial charge >= 0.3 is 0 Å². The summed E-state index contributed by atoms with van der Waals surface area (Å²) < 4.78 is 40.6. The second-order valence-corrected chi connectivity index (χ2v) is 7.06. The second-order valence-electron chi connectivity index (χ2n) is 4.56. The van der Waals surface area contributed by atoms with Gasteiger partial charge in [0.15, 0.2) is 0 Å². The molecule has 0 aliphatic rings. The summed E-state index contributed by atoms with van der Waals surface area (Å²) in [5, 5.41) is 9.43. The summed E-state index contributed by atoms with van der Waals surface area (Å²) in [7, 11) is -3.93. The van der Waals surface area contributed by atoms with Gasteiger partial charge in [-0.3, -0.25) is 0 Å². The van der Waals surface area contributed by atoms with E-state index in [4.69, 9.17) is 5.73 Å². The highest BCUT2D eigenvalue weighted by atomic mass is 79.9. The van der Waals surface area contributed by atoms with Crippen molar-refractivity contribution in [2.45, 2.75) is 37.1 Å². The Hall–Kier alpha value is -0.700. The predicted octanol–water partition coefficient (Wildman–Crippen LogP) is 2.00. The third kappa shape index (κ3) is 3.49. The van der Waals surface area contributed by atoms with Crippen LogP contribution in [0.3, 0.4) is 0 Å². The molecule has 0 saturated carbocycles. The monoisotopic (exact) mass is 368 g/mol. The average Bonchev–Trinajstić information content (AvgIpc) is 2.40. The second kappa shape index (κ2) is 6.38. The van der Waals surface area contributed by atoms with Gasteiger partial charge in [0, 0.05) is 4.47 Å². The van der Waals surface area contributed by atoms with E-state index < -0.39 is 21.4 Å². The smallest absolute Gasteiger partial charge is 0.242 e. The van der Waals surface area contributed by atoms with Crippen LogP contribution >= 0.6 is 15.9 Å². The van der Waals surface area contributed by atoms with Gasteiger partial charge in [-0.25, -0.2) is 17.5 Å². The number of benzene rings is 1. The van der Waals surface area contributed by atoms with Gasteiger partial charge in [-0.1, -0.05) is 13.8 Å². The highest BCUT2D eigenvalue weighted by Crippen LogP contribution is 2.28. The van der Waals surface area contributed by atoms with Crippen molar-refractivity contribution in [3.8, 4) is 0 Å². The van der Waals surface area contributed by atoms with Gasteiger partial charge in [-0.05, 0) is 40.9 Å². The van der Waals surface area contributed by atoms with Crippen molar-refractivity contribution in [2.24, 2.45) is 0 Å². The number of nitrogens with two attached hydrogens (primary N) is 1. The van der Waals surface area contributed by atoms with Crippen LogP contribution in [0.4, 0.5) is 10.1 Å². The molecule has 0 saturated heterocycles. The minimum absolute atomic E-state index is 0.0794. The van der Waals surface area contributed by atoms with Crippen molar-refractivity contribution >= 4 is 31.6 Å². The minimum atomic E-state index is -3.93. The molecule has 114 valence electrons. The fourth-order valence-corrected chi connectivity index (χ4v) is 4.33. The number of anilines is 1. The molecule has 0 aliphatic heterocycles. The summed E-state index contributed by atoms with van der Waals surface area (Å²) >= 11 is 3.01. The zero-order chi connectivity index (χ0) is 15.6. The van der Waals surface area contributed by atoms with E-state index in [1.165, 1.54) is 0 Å². The number of aliphatic hydroxyl groups is 1. The zero-order valence-electron chi connectivity index (χ0n) is 11.3. The molecule has 0 aliphatic carbocycles. The van der Waals surface area contributed by atoms with E-state index in [0.717, 1.165) is 12.1 Å². The molecule has 1 rings (SSSR count). The lowest BCUT2D eigenvalue weighted by molar-refractivity contribution is 0.172. The van der Waals surface area contributed by atoms with Crippen molar-refractivity contribution in [3.05, 3.63) is 22.4 Å². The van der Waals surface area contributed by atoms with Gasteiger partial charge in [0.05, 0.1) is 22.7 Å². The van der Waals surface area contributed by atoms with Gasteiger partial charge in [-0.2, -0.15) is 0 Å². The Morgan fingerprint density at radius 1 is 1.40 bits per heavy atom. The van der Waals surface area contributed by atoms with Crippen LogP contribution in [0.25, 0.3) is 0 Å². The summed E-state index contributed by atoms with van der Waals surface area (Å²) in [5.74, 6) is -0.699. The van der Waals surface area contributed by atoms with Crippen molar-refractivity contribution in [3.63, 3.8) is 0 Å². The molecule has 8 heteroatoms. The Kier molecular flexibility index (Phi) is 5.54. The van der Waals surface area contributed by atoms with Crippen LogP contribution in [0, 0.1) is 5.82 Å². The van der Waals surface area contributed by atoms with Crippen LogP contribution in [0.15, 0.2) is 21.5 Å². The Morgan fingerprint density at radius 2 is 1.95 bits per heavy atom. The molecule has 1 aromatic rings. The van der Waals surface area contributed by atoms with E-state index in [0.29, 0.717) is 12.8 Å². The summed E-state index contributed by atoms with van der Waals surface area (Å²) in [6.45, 7) is 3.22. The van der Waals surface area contributed by atoms with Crippen LogP contribution in [0.2, 0.25) is 0 Å². The summed E-state index contributed by atoms with van der Waals surface area (Å²) in [5.41, 5.74) is 4.21. The third-order valence-electron chi connectivity index (χ3n) is 3.35. The highest BCUT2D eigenvalue weighted by Gasteiger charge is 2.32. The summed E-state index contributed by atoms with van der Waals surface area (Å²) in [6, 6.07) is 2.05. The lowest BCUT2D eigenvalue weighted by Crippen LogP contribution is -2.50. The van der Waals surface area contributed by atoms with Crippen LogP contribution in [-0.2, 0) is 10.0 Å². The molecule has 0 aromatic heterocycles. The number of hydrogen-bond donors (Lipinski definition) is 3. The Balaban J connectivity index is 3.28. The molecule has 0 fully saturated rings. The van der Waals surface area contributed by atoms with Gasteiger partial charge < -0.3 is 10.8 Å². The Labute approximate surface area is 126 Å². The molecule has 0 atom stereocenters. The molecule has 5 nitrogen and oxygen atoms in total. The summed E-state index contributed by atoms with van der Waals surface area (Å²) in [6.07, 6.45) is 0.848. The number of nitrogen functional groups attached to an aromatic ring is 1. The lowest BCUT2D eigenvalue weighted by Gasteiger charge is -2.30. The van der Waals surface area contributed by atoms with Crippen molar-refractivity contribution in [1.29, 1.82) is 0 Å². The van der Waals surface area contributed by atoms with E-state index in [-0.39, 0.29) is 21.7 Å². The number of halogens is 2. The highest BCUT2D eigenvalue weighted by molar-refractivity contribution is 9.10.